The number of likely N-dealkylation sites (tertiary alicyclic amines) is 1. The lowest BCUT2D eigenvalue weighted by Gasteiger charge is -2.34. The number of ether oxygens (including phenoxy) is 1. The number of benzene rings is 2. The van der Waals surface area contributed by atoms with E-state index in [2.05, 4.69) is 47.3 Å². The van der Waals surface area contributed by atoms with Crippen LogP contribution in [-0.4, -0.2) is 76.3 Å². The largest absolute Gasteiger partial charge is 0.574 e. The molecule has 2 aromatic carbocycles. The highest BCUT2D eigenvalue weighted by molar-refractivity contribution is 6.33. The molecule has 0 bridgehead atoms. The number of alkyl halides is 3. The van der Waals surface area contributed by atoms with E-state index in [0.29, 0.717) is 27.3 Å². The maximum Gasteiger partial charge on any atom is 0.574 e. The van der Waals surface area contributed by atoms with Crippen molar-refractivity contribution in [3.05, 3.63) is 125 Å². The van der Waals surface area contributed by atoms with E-state index in [0.717, 1.165) is 87.0 Å². The lowest BCUT2D eigenvalue weighted by molar-refractivity contribution is -0.276. The normalized spacial score (nSPS) is 15.7. The molecular formula is C41H39ClF3N7O3. The van der Waals surface area contributed by atoms with Gasteiger partial charge in [-0.3, -0.25) is 19.5 Å². The summed E-state index contributed by atoms with van der Waals surface area (Å²) in [5, 5.41) is 6.66. The van der Waals surface area contributed by atoms with Gasteiger partial charge in [-0.15, -0.1) is 13.2 Å². The number of pyridine rings is 3. The molecule has 7 rings (SSSR count). The molecule has 3 aromatic heterocycles. The van der Waals surface area contributed by atoms with Crippen LogP contribution in [0.2, 0.25) is 5.02 Å². The average Bonchev–Trinajstić information content (AvgIpc) is 3.19. The minimum atomic E-state index is -4.84. The minimum Gasteiger partial charge on any atom is -0.388 e. The zero-order chi connectivity index (χ0) is 38.4. The molecule has 0 aliphatic carbocycles. The minimum absolute atomic E-state index is 0.00596. The summed E-state index contributed by atoms with van der Waals surface area (Å²) in [7, 11) is 0. The highest BCUT2D eigenvalue weighted by Crippen LogP contribution is 2.31. The van der Waals surface area contributed by atoms with Crippen LogP contribution in [0.15, 0.2) is 104 Å². The summed E-state index contributed by atoms with van der Waals surface area (Å²) in [5.74, 6) is 0.0184. The van der Waals surface area contributed by atoms with Gasteiger partial charge in [0.25, 0.3) is 11.8 Å². The zero-order valence-electron chi connectivity index (χ0n) is 29.8. The Morgan fingerprint density at radius 2 is 1.45 bits per heavy atom. The fourth-order valence-corrected chi connectivity index (χ4v) is 7.19. The van der Waals surface area contributed by atoms with Crippen molar-refractivity contribution < 1.29 is 27.5 Å². The van der Waals surface area contributed by atoms with E-state index in [4.69, 9.17) is 16.6 Å². The van der Waals surface area contributed by atoms with Crippen molar-refractivity contribution in [2.75, 3.05) is 31.1 Å². The van der Waals surface area contributed by atoms with Gasteiger partial charge < -0.3 is 20.3 Å². The zero-order valence-corrected chi connectivity index (χ0v) is 30.6. The van der Waals surface area contributed by atoms with Crippen LogP contribution in [0.25, 0.3) is 22.3 Å². The van der Waals surface area contributed by atoms with Crippen LogP contribution < -0.4 is 20.3 Å². The topological polar surface area (TPSA) is 113 Å². The lowest BCUT2D eigenvalue weighted by atomic mass is 10.0. The molecule has 284 valence electrons. The molecule has 55 heavy (non-hydrogen) atoms. The van der Waals surface area contributed by atoms with Gasteiger partial charge in [0.1, 0.15) is 5.82 Å². The molecule has 5 aromatic rings. The first-order valence-electron chi connectivity index (χ1n) is 18.1. The summed E-state index contributed by atoms with van der Waals surface area (Å²) in [6, 6.07) is 23.1. The Labute approximate surface area is 321 Å². The van der Waals surface area contributed by atoms with E-state index in [1.807, 2.05) is 42.6 Å². The maximum atomic E-state index is 13.2. The first-order valence-corrected chi connectivity index (χ1v) is 18.5. The third kappa shape index (κ3) is 9.97. The molecule has 2 aliphatic heterocycles. The number of anilines is 1. The van der Waals surface area contributed by atoms with E-state index < -0.39 is 12.2 Å². The predicted molar refractivity (Wildman–Crippen MR) is 204 cm³/mol. The van der Waals surface area contributed by atoms with Gasteiger partial charge in [0.15, 0.2) is 0 Å². The molecule has 10 nitrogen and oxygen atoms in total. The fourth-order valence-electron chi connectivity index (χ4n) is 6.96. The summed E-state index contributed by atoms with van der Waals surface area (Å²) in [4.78, 5) is 43.5. The molecule has 2 amide bonds. The van der Waals surface area contributed by atoms with Crippen LogP contribution in [0.1, 0.15) is 52.0 Å². The number of hydrogen-bond donors (Lipinski definition) is 2. The second kappa shape index (κ2) is 16.9. The molecular weight excluding hydrogens is 731 g/mol. The number of hydrogen-bond acceptors (Lipinski definition) is 8. The Morgan fingerprint density at radius 3 is 2.09 bits per heavy atom. The average molecular weight is 770 g/mol. The van der Waals surface area contributed by atoms with Gasteiger partial charge in [-0.1, -0.05) is 35.9 Å². The van der Waals surface area contributed by atoms with Gasteiger partial charge in [0.05, 0.1) is 0 Å². The summed E-state index contributed by atoms with van der Waals surface area (Å²) in [5.41, 5.74) is 5.00. The molecule has 0 unspecified atom stereocenters. The molecule has 5 heterocycles. The van der Waals surface area contributed by atoms with Crippen molar-refractivity contribution in [1.29, 1.82) is 0 Å². The molecule has 2 fully saturated rings. The van der Waals surface area contributed by atoms with Gasteiger partial charge in [-0.05, 0) is 85.3 Å². The molecule has 0 atom stereocenters. The molecule has 0 radical (unpaired) electrons. The van der Waals surface area contributed by atoms with E-state index in [1.54, 1.807) is 30.6 Å². The number of rotatable bonds is 10. The highest BCUT2D eigenvalue weighted by atomic mass is 35.5. The quantitative estimate of drug-likeness (QED) is 0.150. The Kier molecular flexibility index (Phi) is 11.6. The number of nitrogens with zero attached hydrogens (tertiary/aromatic N) is 5. The number of carbonyl (C=O) groups is 2. The number of piperidine rings is 2. The summed E-state index contributed by atoms with van der Waals surface area (Å²) in [6.07, 6.45) is 5.05. The number of carbonyl (C=O) groups excluding carboxylic acids is 2. The predicted octanol–water partition coefficient (Wildman–Crippen LogP) is 7.55. The molecule has 2 N–H and O–H groups in total. The second-order valence-corrected chi connectivity index (χ2v) is 14.1. The number of aromatic nitrogens is 3. The molecule has 2 aliphatic rings. The van der Waals surface area contributed by atoms with E-state index in [9.17, 15) is 22.8 Å². The second-order valence-electron chi connectivity index (χ2n) is 13.7. The van der Waals surface area contributed by atoms with E-state index in [1.165, 1.54) is 12.3 Å². The van der Waals surface area contributed by atoms with Crippen molar-refractivity contribution in [3.63, 3.8) is 0 Å². The van der Waals surface area contributed by atoms with E-state index in [-0.39, 0.29) is 23.9 Å². The monoisotopic (exact) mass is 769 g/mol. The molecule has 0 saturated carbocycles. The van der Waals surface area contributed by atoms with Gasteiger partial charge in [-0.2, -0.15) is 0 Å². The lowest BCUT2D eigenvalue weighted by Crippen LogP contribution is -2.45. The van der Waals surface area contributed by atoms with Gasteiger partial charge in [-0.25, -0.2) is 9.97 Å². The SMILES string of the molecule is O=C(NC1CCN(Cc2ccc(N3CCC(NC(=O)c4cccc(-c5cccnc5)c4)CC3)nc2)CC1)c1ccc(Cl)c(-c2ccc(OC(F)(F)F)nc2)c1. The van der Waals surface area contributed by atoms with Crippen LogP contribution >= 0.6 is 11.6 Å². The van der Waals surface area contributed by atoms with Crippen LogP contribution in [-0.2, 0) is 6.54 Å². The van der Waals surface area contributed by atoms with Gasteiger partial charge >= 0.3 is 6.36 Å². The summed E-state index contributed by atoms with van der Waals surface area (Å²) >= 11 is 6.36. The van der Waals surface area contributed by atoms with Gasteiger partial charge in [0, 0.05) is 109 Å². The van der Waals surface area contributed by atoms with Crippen molar-refractivity contribution in [1.82, 2.24) is 30.5 Å². The third-order valence-electron chi connectivity index (χ3n) is 9.91. The Bertz CT molecular complexity index is 2090. The van der Waals surface area contributed by atoms with E-state index >= 15 is 0 Å². The molecule has 14 heteroatoms. The van der Waals surface area contributed by atoms with Crippen LogP contribution in [0, 0.1) is 0 Å². The molecule has 0 spiro atoms. The Morgan fingerprint density at radius 1 is 0.745 bits per heavy atom. The summed E-state index contributed by atoms with van der Waals surface area (Å²) < 4.78 is 41.4. The Hall–Kier alpha value is -5.53. The Balaban J connectivity index is 0.845. The fraction of sp³-hybridized carbons (Fsp3) is 0.293. The van der Waals surface area contributed by atoms with Crippen molar-refractivity contribution in [2.45, 2.75) is 50.7 Å². The first-order chi connectivity index (χ1) is 26.6. The number of halogens is 4. The first kappa shape index (κ1) is 37.8. The van der Waals surface area contributed by atoms with Crippen LogP contribution in [0.5, 0.6) is 5.88 Å². The smallest absolute Gasteiger partial charge is 0.388 e. The number of nitrogens with one attached hydrogen (secondary N) is 2. The third-order valence-corrected chi connectivity index (χ3v) is 10.2. The van der Waals surface area contributed by atoms with Gasteiger partial charge in [0.2, 0.25) is 5.88 Å². The van der Waals surface area contributed by atoms with Crippen LogP contribution in [0.4, 0.5) is 19.0 Å². The van der Waals surface area contributed by atoms with Crippen molar-refractivity contribution in [3.8, 4) is 28.1 Å². The summed E-state index contributed by atoms with van der Waals surface area (Å²) in [6.45, 7) is 3.97. The van der Waals surface area contributed by atoms with Crippen LogP contribution in [0.3, 0.4) is 0 Å². The maximum absolute atomic E-state index is 13.2. The molecule has 2 saturated heterocycles. The van der Waals surface area contributed by atoms with Crippen molar-refractivity contribution in [2.24, 2.45) is 0 Å². The standard InChI is InChI=1S/C41H39ClF3N7O3/c42-36-9-7-30(22-35(36)32-8-11-38(48-25-32)55-41(43,44)45)40(54)49-33-12-17-51(18-13-33)26-27-6-10-37(47-23-27)52-19-14-34(15-20-52)50-39(53)29-4-1-3-28(21-29)31-5-2-16-46-24-31/h1-11,16,21-25,33-34H,12-15,17-20,26H2,(H,49,54)(H,50,53). The number of amides is 2. The highest BCUT2D eigenvalue weighted by Gasteiger charge is 2.32. The van der Waals surface area contributed by atoms with Crippen molar-refractivity contribution >= 4 is 29.2 Å².